The summed E-state index contributed by atoms with van der Waals surface area (Å²) in [4.78, 5) is 0. The van der Waals surface area contributed by atoms with Crippen molar-refractivity contribution >= 4 is 0 Å². The van der Waals surface area contributed by atoms with Crippen molar-refractivity contribution < 1.29 is 9.13 Å². The molecule has 0 heterocycles. The summed E-state index contributed by atoms with van der Waals surface area (Å²) in [6, 6.07) is 11.5. The zero-order valence-corrected chi connectivity index (χ0v) is 16.4. The Morgan fingerprint density at radius 1 is 1.04 bits per heavy atom. The van der Waals surface area contributed by atoms with E-state index in [0.29, 0.717) is 17.2 Å². The molecule has 25 heavy (non-hydrogen) atoms. The average Bonchev–Trinajstić information content (AvgIpc) is 2.55. The molecular weight excluding hydrogens is 311 g/mol. The Labute approximate surface area is 152 Å². The largest absolute Gasteiger partial charge is 0.497 e. The number of hydrogen-bond donors (Lipinski definition) is 0. The van der Waals surface area contributed by atoms with Gasteiger partial charge in [0.25, 0.3) is 0 Å². The summed E-state index contributed by atoms with van der Waals surface area (Å²) in [5.41, 5.74) is 4.13. The highest BCUT2D eigenvalue weighted by atomic mass is 19.1. The number of ether oxygens (including phenoxy) is 1. The highest BCUT2D eigenvalue weighted by Crippen LogP contribution is 2.39. The zero-order chi connectivity index (χ0) is 18.6. The molecule has 0 aliphatic heterocycles. The van der Waals surface area contributed by atoms with E-state index < -0.39 is 0 Å². The fourth-order valence-electron chi connectivity index (χ4n) is 3.58. The van der Waals surface area contributed by atoms with Crippen molar-refractivity contribution in [3.8, 4) is 16.9 Å². The van der Waals surface area contributed by atoms with Gasteiger partial charge in [-0.05, 0) is 59.1 Å². The lowest BCUT2D eigenvalue weighted by atomic mass is 9.76. The Hall–Kier alpha value is -1.83. The van der Waals surface area contributed by atoms with Crippen molar-refractivity contribution in [2.45, 2.75) is 59.3 Å². The third kappa shape index (κ3) is 4.62. The summed E-state index contributed by atoms with van der Waals surface area (Å²) < 4.78 is 19.9. The van der Waals surface area contributed by atoms with E-state index in [2.05, 4.69) is 52.8 Å². The number of methoxy groups -OCH3 is 1. The van der Waals surface area contributed by atoms with Crippen LogP contribution >= 0.6 is 0 Å². The lowest BCUT2D eigenvalue weighted by Gasteiger charge is -2.29. The third-order valence-electron chi connectivity index (χ3n) is 4.80. The normalized spacial score (nSPS) is 11.8. The van der Waals surface area contributed by atoms with Gasteiger partial charge in [0.2, 0.25) is 0 Å². The molecule has 136 valence electrons. The number of hydrogen-bond acceptors (Lipinski definition) is 1. The van der Waals surface area contributed by atoms with Crippen molar-refractivity contribution in [1.29, 1.82) is 0 Å². The van der Waals surface area contributed by atoms with Crippen molar-refractivity contribution in [2.75, 3.05) is 7.11 Å². The predicted molar refractivity (Wildman–Crippen MR) is 105 cm³/mol. The number of rotatable bonds is 7. The van der Waals surface area contributed by atoms with Crippen LogP contribution in [0.25, 0.3) is 11.1 Å². The van der Waals surface area contributed by atoms with Crippen LogP contribution in [0.15, 0.2) is 36.4 Å². The van der Waals surface area contributed by atoms with Gasteiger partial charge >= 0.3 is 0 Å². The summed E-state index contributed by atoms with van der Waals surface area (Å²) in [6.07, 6.45) is 3.20. The Morgan fingerprint density at radius 2 is 1.76 bits per heavy atom. The van der Waals surface area contributed by atoms with Crippen LogP contribution in [0.3, 0.4) is 0 Å². The second-order valence-corrected chi connectivity index (χ2v) is 7.96. The molecule has 0 N–H and O–H groups in total. The summed E-state index contributed by atoms with van der Waals surface area (Å²) in [6.45, 7) is 11.2. The van der Waals surface area contributed by atoms with Gasteiger partial charge in [-0.1, -0.05) is 59.2 Å². The van der Waals surface area contributed by atoms with E-state index in [1.165, 1.54) is 17.2 Å². The van der Waals surface area contributed by atoms with E-state index in [-0.39, 0.29) is 11.2 Å². The maximum absolute atomic E-state index is 14.6. The van der Waals surface area contributed by atoms with E-state index in [9.17, 15) is 4.39 Å². The molecule has 1 nitrogen and oxygen atoms in total. The maximum Gasteiger partial charge on any atom is 0.131 e. The summed E-state index contributed by atoms with van der Waals surface area (Å²) in [7, 11) is 1.62. The summed E-state index contributed by atoms with van der Waals surface area (Å²) in [5, 5.41) is 0. The number of benzene rings is 2. The zero-order valence-electron chi connectivity index (χ0n) is 16.4. The van der Waals surface area contributed by atoms with Gasteiger partial charge in [-0.2, -0.15) is 0 Å². The van der Waals surface area contributed by atoms with Crippen LogP contribution in [0, 0.1) is 11.7 Å². The molecule has 0 unspecified atom stereocenters. The minimum Gasteiger partial charge on any atom is -0.497 e. The Kier molecular flexibility index (Phi) is 6.26. The summed E-state index contributed by atoms with van der Waals surface area (Å²) in [5.74, 6) is 1.08. The van der Waals surface area contributed by atoms with Gasteiger partial charge in [-0.15, -0.1) is 0 Å². The van der Waals surface area contributed by atoms with Gasteiger partial charge in [0.15, 0.2) is 0 Å². The van der Waals surface area contributed by atoms with Crippen LogP contribution in [-0.4, -0.2) is 7.11 Å². The second kappa shape index (κ2) is 8.03. The van der Waals surface area contributed by atoms with E-state index in [1.54, 1.807) is 19.2 Å². The molecule has 0 fully saturated rings. The molecule has 0 saturated heterocycles. The first-order valence-corrected chi connectivity index (χ1v) is 9.25. The van der Waals surface area contributed by atoms with Crippen molar-refractivity contribution in [2.24, 2.45) is 5.92 Å². The average molecular weight is 342 g/mol. The quantitative estimate of drug-likeness (QED) is 0.539. The second-order valence-electron chi connectivity index (χ2n) is 7.96. The van der Waals surface area contributed by atoms with Gasteiger partial charge in [-0.25, -0.2) is 4.39 Å². The van der Waals surface area contributed by atoms with Crippen LogP contribution in [-0.2, 0) is 11.8 Å². The molecule has 0 radical (unpaired) electrons. The van der Waals surface area contributed by atoms with Crippen LogP contribution in [0.5, 0.6) is 5.75 Å². The molecule has 0 saturated carbocycles. The van der Waals surface area contributed by atoms with Crippen molar-refractivity contribution in [1.82, 2.24) is 0 Å². The molecule has 0 aliphatic carbocycles. The molecule has 2 heteroatoms. The van der Waals surface area contributed by atoms with Gasteiger partial charge < -0.3 is 4.74 Å². The standard InChI is InChI=1S/C23H31FO/c1-7-12-23(4,5)21-14-17(13-16(2)3)8-10-19(21)20-15-18(25-6)9-11-22(20)24/h8-11,14-16H,7,12-13H2,1-6H3. The lowest BCUT2D eigenvalue weighted by molar-refractivity contribution is 0.414. The molecule has 2 aromatic rings. The van der Waals surface area contributed by atoms with Gasteiger partial charge in [-0.3, -0.25) is 0 Å². The minimum atomic E-state index is -0.203. The monoisotopic (exact) mass is 342 g/mol. The van der Waals surface area contributed by atoms with Crippen molar-refractivity contribution in [3.05, 3.63) is 53.3 Å². The Bertz CT molecular complexity index is 716. The molecular formula is C23H31FO. The highest BCUT2D eigenvalue weighted by Gasteiger charge is 2.25. The molecule has 0 amide bonds. The predicted octanol–water partition coefficient (Wildman–Crippen LogP) is 6.78. The first-order valence-electron chi connectivity index (χ1n) is 9.25. The fraction of sp³-hybridized carbons (Fsp3) is 0.478. The van der Waals surface area contributed by atoms with E-state index in [0.717, 1.165) is 24.8 Å². The summed E-state index contributed by atoms with van der Waals surface area (Å²) >= 11 is 0. The Morgan fingerprint density at radius 3 is 2.36 bits per heavy atom. The topological polar surface area (TPSA) is 9.23 Å². The van der Waals surface area contributed by atoms with Crippen LogP contribution in [0.1, 0.15) is 58.6 Å². The Balaban J connectivity index is 2.64. The van der Waals surface area contributed by atoms with Gasteiger partial charge in [0, 0.05) is 5.56 Å². The first-order chi connectivity index (χ1) is 11.8. The molecule has 0 atom stereocenters. The number of halogens is 1. The minimum absolute atomic E-state index is 0.00735. The smallest absolute Gasteiger partial charge is 0.131 e. The molecule has 0 aliphatic rings. The van der Waals surface area contributed by atoms with Crippen molar-refractivity contribution in [3.63, 3.8) is 0 Å². The molecule has 0 aromatic heterocycles. The van der Waals surface area contributed by atoms with Crippen LogP contribution in [0.2, 0.25) is 0 Å². The van der Waals surface area contributed by atoms with E-state index in [1.807, 2.05) is 0 Å². The maximum atomic E-state index is 14.6. The SMILES string of the molecule is CCCC(C)(C)c1cc(CC(C)C)ccc1-c1cc(OC)ccc1F. The molecule has 0 spiro atoms. The lowest BCUT2D eigenvalue weighted by Crippen LogP contribution is -2.18. The molecule has 2 aromatic carbocycles. The van der Waals surface area contributed by atoms with Crippen LogP contribution < -0.4 is 4.74 Å². The van der Waals surface area contributed by atoms with Gasteiger partial charge in [0.05, 0.1) is 7.11 Å². The first kappa shape index (κ1) is 19.5. The van der Waals surface area contributed by atoms with Gasteiger partial charge in [0.1, 0.15) is 11.6 Å². The third-order valence-corrected chi connectivity index (χ3v) is 4.80. The van der Waals surface area contributed by atoms with Crippen LogP contribution in [0.4, 0.5) is 4.39 Å². The molecule has 0 bridgehead atoms. The van der Waals surface area contributed by atoms with E-state index in [4.69, 9.17) is 4.74 Å². The molecule has 2 rings (SSSR count). The van der Waals surface area contributed by atoms with E-state index >= 15 is 0 Å². The fourth-order valence-corrected chi connectivity index (χ4v) is 3.58. The highest BCUT2D eigenvalue weighted by molar-refractivity contribution is 5.71.